The Morgan fingerprint density at radius 2 is 1.56 bits per heavy atom. The van der Waals surface area contributed by atoms with Gasteiger partial charge in [-0.25, -0.2) is 4.68 Å². The summed E-state index contributed by atoms with van der Waals surface area (Å²) < 4.78 is 11.3. The number of hydrogen-bond donors (Lipinski definition) is 1. The van der Waals surface area contributed by atoms with Crippen LogP contribution in [0.1, 0.15) is 0 Å². The average Bonchev–Trinajstić information content (AvgIpc) is 2.81. The van der Waals surface area contributed by atoms with Crippen LogP contribution in [0.4, 0.5) is 5.95 Å². The van der Waals surface area contributed by atoms with Crippen LogP contribution >= 0.6 is 0 Å². The van der Waals surface area contributed by atoms with Crippen molar-refractivity contribution < 1.29 is 9.47 Å². The Morgan fingerprint density at radius 3 is 2.06 bits per heavy atom. The maximum absolute atomic E-state index is 4.89. The van der Waals surface area contributed by atoms with E-state index >= 15 is 0 Å². The average molecular weight is 223 g/mol. The molecule has 16 heavy (non-hydrogen) atoms. The van der Waals surface area contributed by atoms with Gasteiger partial charge in [0.2, 0.25) is 0 Å². The molecule has 0 aromatic carbocycles. The lowest BCUT2D eigenvalue weighted by molar-refractivity contribution is 0.341. The molecule has 0 aliphatic rings. The minimum Gasteiger partial charge on any atom is -0.467 e. The molecule has 0 fully saturated rings. The number of rotatable bonds is 4. The number of aromatic nitrogens is 6. The number of anilines is 1. The molecule has 0 unspecified atom stereocenters. The molecule has 1 N–H and O–H groups in total. The number of methoxy groups -OCH3 is 2. The van der Waals surface area contributed by atoms with Crippen molar-refractivity contribution in [3.05, 3.63) is 12.7 Å². The van der Waals surface area contributed by atoms with Crippen LogP contribution in [0.15, 0.2) is 12.7 Å². The third-order valence-electron chi connectivity index (χ3n) is 1.61. The largest absolute Gasteiger partial charge is 0.467 e. The van der Waals surface area contributed by atoms with Crippen molar-refractivity contribution in [2.24, 2.45) is 0 Å². The Kier molecular flexibility index (Phi) is 2.76. The highest BCUT2D eigenvalue weighted by Gasteiger charge is 2.06. The van der Waals surface area contributed by atoms with E-state index in [0.29, 0.717) is 0 Å². The Labute approximate surface area is 90.5 Å². The first-order valence-electron chi connectivity index (χ1n) is 4.27. The molecule has 0 amide bonds. The van der Waals surface area contributed by atoms with Gasteiger partial charge in [-0.05, 0) is 0 Å². The van der Waals surface area contributed by atoms with Gasteiger partial charge in [0.1, 0.15) is 12.7 Å². The van der Waals surface area contributed by atoms with Crippen LogP contribution in [0.25, 0.3) is 0 Å². The van der Waals surface area contributed by atoms with Gasteiger partial charge >= 0.3 is 12.0 Å². The van der Waals surface area contributed by atoms with Gasteiger partial charge in [0, 0.05) is 0 Å². The van der Waals surface area contributed by atoms with Gasteiger partial charge in [-0.3, -0.25) is 5.43 Å². The van der Waals surface area contributed by atoms with Gasteiger partial charge in [0.05, 0.1) is 14.2 Å². The zero-order chi connectivity index (χ0) is 11.4. The minimum absolute atomic E-state index is 0.155. The highest BCUT2D eigenvalue weighted by atomic mass is 16.5. The predicted octanol–water partition coefficient (Wildman–Crippen LogP) is -0.645. The third-order valence-corrected chi connectivity index (χ3v) is 1.61. The highest BCUT2D eigenvalue weighted by Crippen LogP contribution is 2.11. The van der Waals surface area contributed by atoms with E-state index in [9.17, 15) is 0 Å². The topological polar surface area (TPSA) is 99.9 Å². The zero-order valence-electron chi connectivity index (χ0n) is 8.65. The van der Waals surface area contributed by atoms with Crippen molar-refractivity contribution in [2.45, 2.75) is 0 Å². The van der Waals surface area contributed by atoms with Crippen LogP contribution in [0, 0.1) is 0 Å². The second-order valence-electron chi connectivity index (χ2n) is 2.61. The summed E-state index contributed by atoms with van der Waals surface area (Å²) >= 11 is 0. The Bertz CT molecular complexity index is 436. The van der Waals surface area contributed by atoms with Crippen LogP contribution in [0.5, 0.6) is 12.0 Å². The van der Waals surface area contributed by atoms with E-state index in [1.54, 1.807) is 0 Å². The summed E-state index contributed by atoms with van der Waals surface area (Å²) in [4.78, 5) is 11.8. The van der Waals surface area contributed by atoms with Crippen molar-refractivity contribution >= 4 is 5.95 Å². The maximum Gasteiger partial charge on any atom is 0.324 e. The number of nitrogens with zero attached hydrogens (tertiary/aromatic N) is 6. The standard InChI is InChI=1S/C7H9N7O2/c1-15-6-10-5(11-7(12-6)16-2)13-14-3-8-9-4-14/h3-4H,1-2H3,(H,10,11,12,13). The van der Waals surface area contributed by atoms with E-state index in [4.69, 9.17) is 9.47 Å². The molecule has 9 heteroatoms. The number of hydrogen-bond acceptors (Lipinski definition) is 8. The lowest BCUT2D eigenvalue weighted by atomic mass is 10.9. The monoisotopic (exact) mass is 223 g/mol. The molecule has 2 heterocycles. The normalized spacial score (nSPS) is 9.88. The Hall–Kier alpha value is -2.45. The van der Waals surface area contributed by atoms with E-state index in [1.165, 1.54) is 31.6 Å². The molecule has 0 radical (unpaired) electrons. The van der Waals surface area contributed by atoms with Gasteiger partial charge in [-0.15, -0.1) is 15.2 Å². The lowest BCUT2D eigenvalue weighted by Gasteiger charge is -2.06. The first-order chi connectivity index (χ1) is 7.81. The molecule has 0 saturated heterocycles. The fourth-order valence-electron chi connectivity index (χ4n) is 0.944. The molecule has 9 nitrogen and oxygen atoms in total. The van der Waals surface area contributed by atoms with Crippen molar-refractivity contribution in [1.29, 1.82) is 0 Å². The third kappa shape index (κ3) is 2.13. The van der Waals surface area contributed by atoms with E-state index in [1.807, 2.05) is 0 Å². The summed E-state index contributed by atoms with van der Waals surface area (Å²) in [6.07, 6.45) is 2.92. The molecule has 0 aliphatic carbocycles. The van der Waals surface area contributed by atoms with Gasteiger partial charge in [0.15, 0.2) is 0 Å². The minimum atomic E-state index is 0.155. The summed E-state index contributed by atoms with van der Waals surface area (Å²) in [6.45, 7) is 0. The highest BCUT2D eigenvalue weighted by molar-refractivity contribution is 5.26. The van der Waals surface area contributed by atoms with Crippen molar-refractivity contribution in [3.8, 4) is 12.0 Å². The first kappa shape index (κ1) is 10.1. The van der Waals surface area contributed by atoms with Crippen molar-refractivity contribution in [3.63, 3.8) is 0 Å². The molecule has 0 aliphatic heterocycles. The van der Waals surface area contributed by atoms with E-state index in [2.05, 4.69) is 30.6 Å². The molecule has 0 saturated carbocycles. The summed E-state index contributed by atoms with van der Waals surface area (Å²) in [7, 11) is 2.91. The van der Waals surface area contributed by atoms with Crippen LogP contribution in [0.3, 0.4) is 0 Å². The van der Waals surface area contributed by atoms with Gasteiger partial charge < -0.3 is 9.47 Å². The molecule has 2 aromatic rings. The first-order valence-corrected chi connectivity index (χ1v) is 4.27. The fraction of sp³-hybridized carbons (Fsp3) is 0.286. The summed E-state index contributed by atoms with van der Waals surface area (Å²) in [5.74, 6) is 0.267. The lowest BCUT2D eigenvalue weighted by Crippen LogP contribution is -2.11. The van der Waals surface area contributed by atoms with Crippen molar-refractivity contribution in [1.82, 2.24) is 29.8 Å². The van der Waals surface area contributed by atoms with E-state index < -0.39 is 0 Å². The predicted molar refractivity (Wildman–Crippen MR) is 52.0 cm³/mol. The molecule has 2 aromatic heterocycles. The second-order valence-corrected chi connectivity index (χ2v) is 2.61. The summed E-state index contributed by atoms with van der Waals surface area (Å²) in [5, 5.41) is 7.24. The van der Waals surface area contributed by atoms with Crippen LogP contribution in [0.2, 0.25) is 0 Å². The number of nitrogens with one attached hydrogen (secondary N) is 1. The number of ether oxygens (including phenoxy) is 2. The molecule has 0 bridgehead atoms. The van der Waals surface area contributed by atoms with Crippen LogP contribution < -0.4 is 14.9 Å². The summed E-state index contributed by atoms with van der Waals surface area (Å²) in [6, 6.07) is 0.310. The van der Waals surface area contributed by atoms with E-state index in [0.717, 1.165) is 0 Å². The smallest absolute Gasteiger partial charge is 0.324 e. The maximum atomic E-state index is 4.89. The van der Waals surface area contributed by atoms with E-state index in [-0.39, 0.29) is 18.0 Å². The molecular weight excluding hydrogens is 214 g/mol. The molecule has 2 rings (SSSR count). The molecule has 84 valence electrons. The van der Waals surface area contributed by atoms with Crippen LogP contribution in [-0.2, 0) is 0 Å². The van der Waals surface area contributed by atoms with Crippen LogP contribution in [-0.4, -0.2) is 44.0 Å². The molecule has 0 atom stereocenters. The zero-order valence-corrected chi connectivity index (χ0v) is 8.65. The van der Waals surface area contributed by atoms with Gasteiger partial charge in [-0.2, -0.15) is 9.97 Å². The Morgan fingerprint density at radius 1 is 1.00 bits per heavy atom. The SMILES string of the molecule is COc1nc(Nn2cnnc2)nc(OC)n1. The molecule has 0 spiro atoms. The fourth-order valence-corrected chi connectivity index (χ4v) is 0.944. The second kappa shape index (κ2) is 4.38. The summed E-state index contributed by atoms with van der Waals surface area (Å²) in [5.41, 5.74) is 2.80. The quantitative estimate of drug-likeness (QED) is 0.730. The Balaban J connectivity index is 2.26. The molecular formula is C7H9N7O2. The van der Waals surface area contributed by atoms with Crippen molar-refractivity contribution in [2.75, 3.05) is 19.6 Å². The van der Waals surface area contributed by atoms with Gasteiger partial charge in [-0.1, -0.05) is 0 Å². The van der Waals surface area contributed by atoms with Gasteiger partial charge in [0.25, 0.3) is 5.95 Å².